The average Bonchev–Trinajstić information content (AvgIpc) is 2.87. The summed E-state index contributed by atoms with van der Waals surface area (Å²) in [6.45, 7) is 0. The maximum atomic E-state index is 10.9. The van der Waals surface area contributed by atoms with Gasteiger partial charge in [-0.3, -0.25) is 4.40 Å². The van der Waals surface area contributed by atoms with Gasteiger partial charge in [-0.05, 0) is 46.3 Å². The van der Waals surface area contributed by atoms with Crippen molar-refractivity contribution in [2.75, 3.05) is 0 Å². The lowest BCUT2D eigenvalue weighted by Gasteiger charge is -1.98. The van der Waals surface area contributed by atoms with E-state index in [1.807, 2.05) is 28.8 Å². The topological polar surface area (TPSA) is 80.4 Å². The van der Waals surface area contributed by atoms with Crippen LogP contribution < -0.4 is 0 Å². The predicted octanol–water partition coefficient (Wildman–Crippen LogP) is 2.76. The van der Waals surface area contributed by atoms with E-state index in [0.29, 0.717) is 5.69 Å². The minimum atomic E-state index is -1.08. The zero-order valence-electron chi connectivity index (χ0n) is 10.6. The number of carboxylic acid groups (broad SMARTS) is 1. The highest BCUT2D eigenvalue weighted by Crippen LogP contribution is 2.15. The molecule has 0 bridgehead atoms. The smallest absolute Gasteiger partial charge is 0.354 e. The van der Waals surface area contributed by atoms with Crippen LogP contribution in [-0.4, -0.2) is 30.4 Å². The van der Waals surface area contributed by atoms with E-state index < -0.39 is 5.97 Å². The van der Waals surface area contributed by atoms with Crippen molar-refractivity contribution in [3.63, 3.8) is 0 Å². The molecule has 104 valence electrons. The van der Waals surface area contributed by atoms with Crippen molar-refractivity contribution >= 4 is 39.7 Å². The van der Waals surface area contributed by atoms with Gasteiger partial charge in [-0.15, -0.1) is 0 Å². The largest absolute Gasteiger partial charge is 0.477 e. The van der Waals surface area contributed by atoms with Gasteiger partial charge in [-0.25, -0.2) is 19.7 Å². The third kappa shape index (κ3) is 2.82. The van der Waals surface area contributed by atoms with Crippen molar-refractivity contribution in [2.45, 2.75) is 0 Å². The summed E-state index contributed by atoms with van der Waals surface area (Å²) in [6, 6.07) is 5.23. The fraction of sp³-hybridized carbons (Fsp3) is 0. The second kappa shape index (κ2) is 5.45. The minimum absolute atomic E-state index is 0.0365. The number of aromatic nitrogens is 4. The third-order valence-electron chi connectivity index (χ3n) is 2.83. The van der Waals surface area contributed by atoms with Gasteiger partial charge in [0.15, 0.2) is 5.69 Å². The number of fused-ring (bicyclic) bond motifs is 1. The summed E-state index contributed by atoms with van der Waals surface area (Å²) < 4.78 is 2.86. The van der Waals surface area contributed by atoms with Crippen molar-refractivity contribution in [1.82, 2.24) is 19.4 Å². The zero-order chi connectivity index (χ0) is 14.8. The van der Waals surface area contributed by atoms with Crippen molar-refractivity contribution in [2.24, 2.45) is 0 Å². The van der Waals surface area contributed by atoms with Crippen molar-refractivity contribution in [3.8, 4) is 0 Å². The molecular formula is C14H9BrN4O2. The summed E-state index contributed by atoms with van der Waals surface area (Å²) in [5, 5.41) is 8.90. The molecule has 7 heteroatoms. The normalized spacial score (nSPS) is 11.3. The number of aromatic carboxylic acids is 1. The summed E-state index contributed by atoms with van der Waals surface area (Å²) in [7, 11) is 0. The number of carboxylic acids is 1. The molecule has 0 spiro atoms. The molecule has 0 aliphatic rings. The molecular weight excluding hydrogens is 336 g/mol. The van der Waals surface area contributed by atoms with Gasteiger partial charge in [0.05, 0.1) is 17.6 Å². The van der Waals surface area contributed by atoms with E-state index in [1.54, 1.807) is 12.3 Å². The Balaban J connectivity index is 1.96. The quantitative estimate of drug-likeness (QED) is 0.790. The summed E-state index contributed by atoms with van der Waals surface area (Å²) >= 11 is 3.41. The molecule has 3 rings (SSSR count). The number of halogens is 1. The van der Waals surface area contributed by atoms with Gasteiger partial charge in [0.25, 0.3) is 0 Å². The van der Waals surface area contributed by atoms with Crippen molar-refractivity contribution in [1.29, 1.82) is 0 Å². The van der Waals surface area contributed by atoms with Crippen LogP contribution in [0.5, 0.6) is 0 Å². The molecule has 0 aliphatic heterocycles. The molecule has 6 nitrogen and oxygen atoms in total. The maximum absolute atomic E-state index is 10.9. The number of carbonyl (C=O) groups is 1. The summed E-state index contributed by atoms with van der Waals surface area (Å²) in [6.07, 6.45) is 8.41. The third-order valence-corrected chi connectivity index (χ3v) is 3.30. The van der Waals surface area contributed by atoms with Crippen LogP contribution in [0.1, 0.15) is 21.9 Å². The van der Waals surface area contributed by atoms with Gasteiger partial charge in [0.2, 0.25) is 0 Å². The van der Waals surface area contributed by atoms with Crippen LogP contribution >= 0.6 is 15.9 Å². The van der Waals surface area contributed by atoms with E-state index in [2.05, 4.69) is 30.9 Å². The lowest BCUT2D eigenvalue weighted by atomic mass is 10.3. The molecule has 21 heavy (non-hydrogen) atoms. The molecule has 3 aromatic rings. The highest BCUT2D eigenvalue weighted by molar-refractivity contribution is 9.10. The number of hydrogen-bond acceptors (Lipinski definition) is 4. The van der Waals surface area contributed by atoms with Crippen LogP contribution in [0.2, 0.25) is 0 Å². The van der Waals surface area contributed by atoms with Crippen molar-refractivity contribution < 1.29 is 9.90 Å². The minimum Gasteiger partial charge on any atom is -0.477 e. The van der Waals surface area contributed by atoms with Crippen LogP contribution in [0.25, 0.3) is 17.8 Å². The van der Waals surface area contributed by atoms with Crippen LogP contribution in [0.4, 0.5) is 0 Å². The van der Waals surface area contributed by atoms with Gasteiger partial charge >= 0.3 is 5.97 Å². The SMILES string of the molecule is O=C(O)c1cc(/C=C/c2cnc3ccc(Br)cn23)ncn1. The molecule has 0 amide bonds. The van der Waals surface area contributed by atoms with Crippen LogP contribution in [0.15, 0.2) is 41.4 Å². The van der Waals surface area contributed by atoms with Gasteiger partial charge in [-0.2, -0.15) is 0 Å². The van der Waals surface area contributed by atoms with Gasteiger partial charge in [0.1, 0.15) is 12.0 Å². The molecule has 0 atom stereocenters. The van der Waals surface area contributed by atoms with E-state index in [-0.39, 0.29) is 5.69 Å². The lowest BCUT2D eigenvalue weighted by molar-refractivity contribution is 0.0690. The summed E-state index contributed by atoms with van der Waals surface area (Å²) in [5.74, 6) is -1.08. The summed E-state index contributed by atoms with van der Waals surface area (Å²) in [5.41, 5.74) is 2.17. The van der Waals surface area contributed by atoms with Crippen LogP contribution in [0.3, 0.4) is 0 Å². The van der Waals surface area contributed by atoms with Crippen molar-refractivity contribution in [3.05, 3.63) is 58.5 Å². The number of nitrogens with zero attached hydrogens (tertiary/aromatic N) is 4. The van der Waals surface area contributed by atoms with Crippen LogP contribution in [-0.2, 0) is 0 Å². The first-order chi connectivity index (χ1) is 10.1. The second-order valence-corrected chi connectivity index (χ2v) is 5.14. The van der Waals surface area contributed by atoms with E-state index >= 15 is 0 Å². The highest BCUT2D eigenvalue weighted by atomic mass is 79.9. The van der Waals surface area contributed by atoms with Gasteiger partial charge in [-0.1, -0.05) is 0 Å². The van der Waals surface area contributed by atoms with Crippen LogP contribution in [0, 0.1) is 0 Å². The Bertz CT molecular complexity index is 857. The molecule has 1 N–H and O–H groups in total. The first kappa shape index (κ1) is 13.4. The lowest BCUT2D eigenvalue weighted by Crippen LogP contribution is -2.00. The Hall–Kier alpha value is -2.54. The monoisotopic (exact) mass is 344 g/mol. The molecule has 0 radical (unpaired) electrons. The Kier molecular flexibility index (Phi) is 3.49. The zero-order valence-corrected chi connectivity index (χ0v) is 12.2. The molecule has 3 aromatic heterocycles. The molecule has 0 saturated heterocycles. The Morgan fingerprint density at radius 1 is 1.24 bits per heavy atom. The van der Waals surface area contributed by atoms with E-state index in [4.69, 9.17) is 5.11 Å². The molecule has 0 aliphatic carbocycles. The molecule has 0 fully saturated rings. The van der Waals surface area contributed by atoms with E-state index in [0.717, 1.165) is 15.8 Å². The number of hydrogen-bond donors (Lipinski definition) is 1. The predicted molar refractivity (Wildman–Crippen MR) is 80.8 cm³/mol. The number of pyridine rings is 1. The maximum Gasteiger partial charge on any atom is 0.354 e. The number of imidazole rings is 1. The first-order valence-electron chi connectivity index (χ1n) is 5.99. The molecule has 3 heterocycles. The highest BCUT2D eigenvalue weighted by Gasteiger charge is 2.05. The molecule has 0 saturated carbocycles. The molecule has 0 aromatic carbocycles. The van der Waals surface area contributed by atoms with Gasteiger partial charge < -0.3 is 5.11 Å². The van der Waals surface area contributed by atoms with Gasteiger partial charge in [0, 0.05) is 10.7 Å². The van der Waals surface area contributed by atoms with E-state index in [1.165, 1.54) is 12.4 Å². The second-order valence-electron chi connectivity index (χ2n) is 4.23. The first-order valence-corrected chi connectivity index (χ1v) is 6.79. The Morgan fingerprint density at radius 2 is 2.10 bits per heavy atom. The molecule has 0 unspecified atom stereocenters. The Morgan fingerprint density at radius 3 is 2.90 bits per heavy atom. The summed E-state index contributed by atoms with van der Waals surface area (Å²) in [4.78, 5) is 22.8. The van der Waals surface area contributed by atoms with E-state index in [9.17, 15) is 4.79 Å². The fourth-order valence-electron chi connectivity index (χ4n) is 1.85. The Labute approximate surface area is 127 Å². The fourth-order valence-corrected chi connectivity index (χ4v) is 2.18. The standard InChI is InChI=1S/C14H9BrN4O2/c15-9-1-4-13-16-6-11(19(13)7-9)3-2-10-5-12(14(20)21)18-8-17-10/h1-8H,(H,20,21)/b3-2+. The average molecular weight is 345 g/mol. The number of rotatable bonds is 3.